The van der Waals surface area contributed by atoms with Gasteiger partial charge in [0.1, 0.15) is 5.69 Å². The van der Waals surface area contributed by atoms with E-state index >= 15 is 0 Å². The normalized spacial score (nSPS) is 20.0. The van der Waals surface area contributed by atoms with Crippen molar-refractivity contribution in [1.29, 1.82) is 0 Å². The third kappa shape index (κ3) is 4.03. The maximum absolute atomic E-state index is 12.9. The number of likely N-dealkylation sites (tertiary alicyclic amines) is 1. The summed E-state index contributed by atoms with van der Waals surface area (Å²) < 4.78 is 26.6. The molecule has 1 saturated heterocycles. The van der Waals surface area contributed by atoms with E-state index in [2.05, 4.69) is 17.3 Å². The molecule has 2 heterocycles. The van der Waals surface area contributed by atoms with Gasteiger partial charge in [0.05, 0.1) is 0 Å². The molecule has 0 radical (unpaired) electrons. The molecule has 6 heteroatoms. The highest BCUT2D eigenvalue weighted by atomic mass is 19.3. The van der Waals surface area contributed by atoms with E-state index in [0.29, 0.717) is 18.2 Å². The molecular formula is C15H23F2N3O. The lowest BCUT2D eigenvalue weighted by molar-refractivity contribution is 0.0617. The first-order valence-electron chi connectivity index (χ1n) is 7.41. The maximum atomic E-state index is 12.9. The summed E-state index contributed by atoms with van der Waals surface area (Å²) in [6, 6.07) is 2.99. The maximum Gasteiger partial charge on any atom is 0.319 e. The Morgan fingerprint density at radius 3 is 2.90 bits per heavy atom. The number of aryl methyl sites for hydroxylation is 1. The van der Waals surface area contributed by atoms with Crippen LogP contribution < -0.4 is 5.32 Å². The molecule has 1 fully saturated rings. The van der Waals surface area contributed by atoms with Gasteiger partial charge in [0.25, 0.3) is 5.91 Å². The first kappa shape index (κ1) is 15.9. The molecule has 0 bridgehead atoms. The Labute approximate surface area is 124 Å². The largest absolute Gasteiger partial charge is 0.351 e. The Morgan fingerprint density at radius 2 is 2.24 bits per heavy atom. The van der Waals surface area contributed by atoms with Crippen LogP contribution in [-0.4, -0.2) is 42.1 Å². The number of hydrogen-bond donors (Lipinski definition) is 1. The van der Waals surface area contributed by atoms with Gasteiger partial charge in [-0.25, -0.2) is 0 Å². The fourth-order valence-corrected chi connectivity index (χ4v) is 2.98. The number of carbonyl (C=O) groups is 1. The number of nitrogens with zero attached hydrogens (tertiary/aromatic N) is 2. The molecule has 1 unspecified atom stereocenters. The lowest BCUT2D eigenvalue weighted by Crippen LogP contribution is -2.35. The first-order valence-corrected chi connectivity index (χ1v) is 7.41. The summed E-state index contributed by atoms with van der Waals surface area (Å²) in [5, 5.41) is 2.76. The minimum absolute atomic E-state index is 0.0308. The Balaban J connectivity index is 1.85. The third-order valence-electron chi connectivity index (χ3n) is 4.11. The highest BCUT2D eigenvalue weighted by Gasteiger charge is 2.20. The fraction of sp³-hybridized carbons (Fsp3) is 0.667. The Hall–Kier alpha value is -1.43. The number of piperidine rings is 1. The van der Waals surface area contributed by atoms with Crippen LogP contribution in [0.15, 0.2) is 12.1 Å². The standard InChI is InChI=1S/C15H23F2N3O/c1-11-5-6-13(20(11)15(16)17)14(21)18-8-7-12-4-3-9-19(2)10-12/h5-6,12,15H,3-4,7-10H2,1-2H3,(H,18,21). The number of amides is 1. The van der Waals surface area contributed by atoms with E-state index in [1.54, 1.807) is 6.92 Å². The predicted molar refractivity (Wildman–Crippen MR) is 77.6 cm³/mol. The number of nitrogens with one attached hydrogen (secondary N) is 1. The van der Waals surface area contributed by atoms with Crippen molar-refractivity contribution in [2.75, 3.05) is 26.7 Å². The first-order chi connectivity index (χ1) is 9.99. The van der Waals surface area contributed by atoms with Gasteiger partial charge in [-0.05, 0) is 57.8 Å². The Kier molecular flexibility index (Phi) is 5.33. The summed E-state index contributed by atoms with van der Waals surface area (Å²) >= 11 is 0. The SMILES string of the molecule is Cc1ccc(C(=O)NCCC2CCCN(C)C2)n1C(F)F. The average Bonchev–Trinajstić information content (AvgIpc) is 2.81. The summed E-state index contributed by atoms with van der Waals surface area (Å²) in [6.45, 7) is 1.59. The lowest BCUT2D eigenvalue weighted by atomic mass is 9.95. The molecular weight excluding hydrogens is 276 g/mol. The fourth-order valence-electron chi connectivity index (χ4n) is 2.98. The van der Waals surface area contributed by atoms with Crippen molar-refractivity contribution >= 4 is 5.91 Å². The molecule has 1 atom stereocenters. The third-order valence-corrected chi connectivity index (χ3v) is 4.11. The lowest BCUT2D eigenvalue weighted by Gasteiger charge is -2.29. The van der Waals surface area contributed by atoms with Gasteiger partial charge in [-0.1, -0.05) is 0 Å². The average molecular weight is 299 g/mol. The molecule has 0 aliphatic carbocycles. The summed E-state index contributed by atoms with van der Waals surface area (Å²) in [6.07, 6.45) is 3.25. The molecule has 1 aromatic heterocycles. The van der Waals surface area contributed by atoms with Crippen molar-refractivity contribution in [2.24, 2.45) is 5.92 Å². The van der Waals surface area contributed by atoms with Crippen LogP contribution in [0.4, 0.5) is 8.78 Å². The summed E-state index contributed by atoms with van der Waals surface area (Å²) in [5.74, 6) is 0.153. The zero-order valence-electron chi connectivity index (χ0n) is 12.6. The van der Waals surface area contributed by atoms with Crippen LogP contribution in [0.5, 0.6) is 0 Å². The van der Waals surface area contributed by atoms with Crippen molar-refractivity contribution in [1.82, 2.24) is 14.8 Å². The summed E-state index contributed by atoms with van der Waals surface area (Å²) in [5.41, 5.74) is 0.423. The van der Waals surface area contributed by atoms with Gasteiger partial charge in [-0.15, -0.1) is 0 Å². The molecule has 1 N–H and O–H groups in total. The van der Waals surface area contributed by atoms with Crippen LogP contribution in [-0.2, 0) is 0 Å². The van der Waals surface area contributed by atoms with Crippen molar-refractivity contribution in [3.63, 3.8) is 0 Å². The molecule has 21 heavy (non-hydrogen) atoms. The molecule has 2 rings (SSSR count). The van der Waals surface area contributed by atoms with Crippen LogP contribution in [0, 0.1) is 12.8 Å². The topological polar surface area (TPSA) is 37.3 Å². The van der Waals surface area contributed by atoms with E-state index in [4.69, 9.17) is 0 Å². The van der Waals surface area contributed by atoms with Crippen molar-refractivity contribution in [3.8, 4) is 0 Å². The van der Waals surface area contributed by atoms with Gasteiger partial charge < -0.3 is 10.2 Å². The Morgan fingerprint density at radius 1 is 1.48 bits per heavy atom. The number of hydrogen-bond acceptors (Lipinski definition) is 2. The van der Waals surface area contributed by atoms with Gasteiger partial charge in [-0.3, -0.25) is 9.36 Å². The van der Waals surface area contributed by atoms with E-state index in [9.17, 15) is 13.6 Å². The van der Waals surface area contributed by atoms with Gasteiger partial charge >= 0.3 is 6.55 Å². The van der Waals surface area contributed by atoms with Gasteiger partial charge in [0, 0.05) is 18.8 Å². The van der Waals surface area contributed by atoms with E-state index in [1.807, 2.05) is 0 Å². The number of alkyl halides is 2. The van der Waals surface area contributed by atoms with Crippen LogP contribution in [0.1, 0.15) is 42.0 Å². The molecule has 0 aromatic carbocycles. The second-order valence-electron chi connectivity index (χ2n) is 5.82. The zero-order chi connectivity index (χ0) is 15.4. The van der Waals surface area contributed by atoms with Gasteiger partial charge in [0.15, 0.2) is 0 Å². The molecule has 1 aliphatic rings. The van der Waals surface area contributed by atoms with Crippen molar-refractivity contribution in [2.45, 2.75) is 32.7 Å². The molecule has 118 valence electrons. The molecule has 1 amide bonds. The second kappa shape index (κ2) is 7.02. The Bertz CT molecular complexity index is 487. The van der Waals surface area contributed by atoms with Gasteiger partial charge in [0.2, 0.25) is 0 Å². The second-order valence-corrected chi connectivity index (χ2v) is 5.82. The quantitative estimate of drug-likeness (QED) is 0.907. The zero-order valence-corrected chi connectivity index (χ0v) is 12.6. The molecule has 0 saturated carbocycles. The van der Waals surface area contributed by atoms with Crippen molar-refractivity contribution in [3.05, 3.63) is 23.5 Å². The van der Waals surface area contributed by atoms with Crippen molar-refractivity contribution < 1.29 is 13.6 Å². The van der Waals surface area contributed by atoms with Crippen LogP contribution in [0.25, 0.3) is 0 Å². The number of rotatable bonds is 5. The predicted octanol–water partition coefficient (Wildman–Crippen LogP) is 2.65. The van der Waals surface area contributed by atoms with Crippen LogP contribution >= 0.6 is 0 Å². The van der Waals surface area contributed by atoms with Crippen LogP contribution in [0.2, 0.25) is 0 Å². The smallest absolute Gasteiger partial charge is 0.319 e. The van der Waals surface area contributed by atoms with E-state index in [-0.39, 0.29) is 5.69 Å². The summed E-state index contributed by atoms with van der Waals surface area (Å²) in [4.78, 5) is 14.3. The molecule has 1 aliphatic heterocycles. The number of aromatic nitrogens is 1. The summed E-state index contributed by atoms with van der Waals surface area (Å²) in [7, 11) is 2.10. The van der Waals surface area contributed by atoms with E-state index < -0.39 is 12.5 Å². The number of carbonyl (C=O) groups excluding carboxylic acids is 1. The molecule has 1 aromatic rings. The number of halogens is 2. The minimum Gasteiger partial charge on any atom is -0.351 e. The van der Waals surface area contributed by atoms with Gasteiger partial charge in [-0.2, -0.15) is 8.78 Å². The van der Waals surface area contributed by atoms with E-state index in [1.165, 1.54) is 25.0 Å². The highest BCUT2D eigenvalue weighted by Crippen LogP contribution is 2.19. The minimum atomic E-state index is -2.69. The highest BCUT2D eigenvalue weighted by molar-refractivity contribution is 5.92. The molecule has 4 nitrogen and oxygen atoms in total. The van der Waals surface area contributed by atoms with E-state index in [0.717, 1.165) is 24.1 Å². The molecule has 0 spiro atoms. The monoisotopic (exact) mass is 299 g/mol. The van der Waals surface area contributed by atoms with Crippen LogP contribution in [0.3, 0.4) is 0 Å².